The molecule has 116 valence electrons. The van der Waals surface area contributed by atoms with Crippen molar-refractivity contribution in [1.29, 1.82) is 0 Å². The van der Waals surface area contributed by atoms with E-state index in [1.54, 1.807) is 0 Å². The van der Waals surface area contributed by atoms with Gasteiger partial charge in [0.05, 0.1) is 6.04 Å². The van der Waals surface area contributed by atoms with Crippen molar-refractivity contribution >= 4 is 24.2 Å². The van der Waals surface area contributed by atoms with Crippen molar-refractivity contribution in [3.63, 3.8) is 0 Å². The zero-order valence-corrected chi connectivity index (χ0v) is 13.1. The number of nitrogens with one attached hydrogen (secondary N) is 1. The Bertz CT molecular complexity index is 350. The molecule has 1 aliphatic carbocycles. The molecule has 0 aromatic carbocycles. The standard InChI is InChI=1S/C14H25N3O2.ClH/c1-9(2)12(15)14(19)17-7-5-11(6-8-17)16-13(18)10-3-4-10;/h9-12H,3-8,15H2,1-2H3,(H,16,18);1H/t12-;/m0./s1. The van der Waals surface area contributed by atoms with Gasteiger partial charge in [-0.1, -0.05) is 13.8 Å². The fraction of sp³-hybridized carbons (Fsp3) is 0.857. The second-order valence-corrected chi connectivity index (χ2v) is 6.15. The summed E-state index contributed by atoms with van der Waals surface area (Å²) in [7, 11) is 0. The van der Waals surface area contributed by atoms with E-state index in [0.717, 1.165) is 25.7 Å². The van der Waals surface area contributed by atoms with Gasteiger partial charge in [-0.05, 0) is 31.6 Å². The van der Waals surface area contributed by atoms with Gasteiger partial charge in [0.25, 0.3) is 0 Å². The van der Waals surface area contributed by atoms with Gasteiger partial charge in [-0.25, -0.2) is 0 Å². The third kappa shape index (κ3) is 4.35. The minimum Gasteiger partial charge on any atom is -0.353 e. The molecule has 1 aliphatic heterocycles. The van der Waals surface area contributed by atoms with E-state index in [1.165, 1.54) is 0 Å². The molecule has 1 saturated carbocycles. The summed E-state index contributed by atoms with van der Waals surface area (Å²) < 4.78 is 0. The van der Waals surface area contributed by atoms with E-state index in [0.29, 0.717) is 13.1 Å². The van der Waals surface area contributed by atoms with Crippen molar-refractivity contribution in [1.82, 2.24) is 10.2 Å². The Morgan fingerprint density at radius 3 is 2.15 bits per heavy atom. The van der Waals surface area contributed by atoms with Crippen LogP contribution in [-0.2, 0) is 9.59 Å². The largest absolute Gasteiger partial charge is 0.353 e. The van der Waals surface area contributed by atoms with E-state index in [9.17, 15) is 9.59 Å². The molecule has 0 bridgehead atoms. The zero-order valence-electron chi connectivity index (χ0n) is 12.3. The number of hydrogen-bond donors (Lipinski definition) is 2. The van der Waals surface area contributed by atoms with Crippen LogP contribution < -0.4 is 11.1 Å². The van der Waals surface area contributed by atoms with Crippen LogP contribution in [0.3, 0.4) is 0 Å². The molecule has 1 atom stereocenters. The van der Waals surface area contributed by atoms with Crippen molar-refractivity contribution in [2.45, 2.75) is 51.6 Å². The van der Waals surface area contributed by atoms with E-state index < -0.39 is 6.04 Å². The molecule has 0 radical (unpaired) electrons. The molecule has 0 spiro atoms. The summed E-state index contributed by atoms with van der Waals surface area (Å²) >= 11 is 0. The lowest BCUT2D eigenvalue weighted by molar-refractivity contribution is -0.134. The molecule has 2 rings (SSSR count). The predicted octanol–water partition coefficient (Wildman–Crippen LogP) is 0.909. The molecule has 3 N–H and O–H groups in total. The van der Waals surface area contributed by atoms with E-state index in [4.69, 9.17) is 5.73 Å². The molecule has 2 aliphatic rings. The smallest absolute Gasteiger partial charge is 0.239 e. The second kappa shape index (κ2) is 7.27. The molecular formula is C14H26ClN3O2. The highest BCUT2D eigenvalue weighted by molar-refractivity contribution is 5.85. The number of nitrogens with two attached hydrogens (primary N) is 1. The van der Waals surface area contributed by atoms with Gasteiger partial charge in [-0.3, -0.25) is 9.59 Å². The first-order chi connectivity index (χ1) is 8.99. The van der Waals surface area contributed by atoms with Gasteiger partial charge in [0.2, 0.25) is 11.8 Å². The van der Waals surface area contributed by atoms with Crippen LogP contribution in [-0.4, -0.2) is 41.9 Å². The molecule has 6 heteroatoms. The number of amides is 2. The first-order valence-electron chi connectivity index (χ1n) is 7.33. The SMILES string of the molecule is CC(C)[C@H](N)C(=O)N1CCC(NC(=O)C2CC2)CC1.Cl. The van der Waals surface area contributed by atoms with Crippen molar-refractivity contribution < 1.29 is 9.59 Å². The number of nitrogens with zero attached hydrogens (tertiary/aromatic N) is 1. The van der Waals surface area contributed by atoms with Gasteiger partial charge in [-0.2, -0.15) is 0 Å². The van der Waals surface area contributed by atoms with Crippen LogP contribution in [0.15, 0.2) is 0 Å². The first-order valence-corrected chi connectivity index (χ1v) is 7.33. The number of halogens is 1. The maximum absolute atomic E-state index is 12.1. The minimum absolute atomic E-state index is 0. The molecule has 0 aromatic rings. The summed E-state index contributed by atoms with van der Waals surface area (Å²) in [6, 6.07) is -0.176. The summed E-state index contributed by atoms with van der Waals surface area (Å²) in [5, 5.41) is 3.08. The third-order valence-corrected chi connectivity index (χ3v) is 4.10. The van der Waals surface area contributed by atoms with Gasteiger partial charge in [0.15, 0.2) is 0 Å². The fourth-order valence-electron chi connectivity index (χ4n) is 2.40. The quantitative estimate of drug-likeness (QED) is 0.810. The lowest BCUT2D eigenvalue weighted by Crippen LogP contribution is -2.52. The van der Waals surface area contributed by atoms with Gasteiger partial charge in [0.1, 0.15) is 0 Å². The molecule has 0 unspecified atom stereocenters. The molecule has 20 heavy (non-hydrogen) atoms. The molecule has 2 fully saturated rings. The maximum Gasteiger partial charge on any atom is 0.239 e. The number of likely N-dealkylation sites (tertiary alicyclic amines) is 1. The van der Waals surface area contributed by atoms with E-state index in [-0.39, 0.29) is 42.1 Å². The average molecular weight is 304 g/mol. The Morgan fingerprint density at radius 1 is 1.15 bits per heavy atom. The highest BCUT2D eigenvalue weighted by Crippen LogP contribution is 2.29. The monoisotopic (exact) mass is 303 g/mol. The predicted molar refractivity (Wildman–Crippen MR) is 80.5 cm³/mol. The van der Waals surface area contributed by atoms with E-state index >= 15 is 0 Å². The summed E-state index contributed by atoms with van der Waals surface area (Å²) in [5.41, 5.74) is 5.89. The lowest BCUT2D eigenvalue weighted by atomic mass is 10.0. The van der Waals surface area contributed by atoms with Gasteiger partial charge < -0.3 is 16.0 Å². The molecule has 5 nitrogen and oxygen atoms in total. The zero-order chi connectivity index (χ0) is 14.0. The lowest BCUT2D eigenvalue weighted by Gasteiger charge is -2.34. The first kappa shape index (κ1) is 17.2. The number of carbonyl (C=O) groups excluding carboxylic acids is 2. The Labute approximate surface area is 127 Å². The maximum atomic E-state index is 12.1. The van der Waals surface area contributed by atoms with Gasteiger partial charge in [0, 0.05) is 25.0 Å². The minimum atomic E-state index is -0.405. The second-order valence-electron chi connectivity index (χ2n) is 6.15. The van der Waals surface area contributed by atoms with Crippen LogP contribution in [0, 0.1) is 11.8 Å². The topological polar surface area (TPSA) is 75.4 Å². The highest BCUT2D eigenvalue weighted by atomic mass is 35.5. The molecule has 1 saturated heterocycles. The van der Waals surface area contributed by atoms with Crippen LogP contribution in [0.25, 0.3) is 0 Å². The Hall–Kier alpha value is -0.810. The highest BCUT2D eigenvalue weighted by Gasteiger charge is 2.33. The van der Waals surface area contributed by atoms with E-state index in [2.05, 4.69) is 5.32 Å². The Kier molecular flexibility index (Phi) is 6.27. The Morgan fingerprint density at radius 2 is 1.70 bits per heavy atom. The molecule has 0 aromatic heterocycles. The fourth-order valence-corrected chi connectivity index (χ4v) is 2.40. The van der Waals surface area contributed by atoms with E-state index in [1.807, 2.05) is 18.7 Å². The third-order valence-electron chi connectivity index (χ3n) is 4.10. The van der Waals surface area contributed by atoms with Crippen molar-refractivity contribution in [2.24, 2.45) is 17.6 Å². The van der Waals surface area contributed by atoms with Crippen molar-refractivity contribution in [3.8, 4) is 0 Å². The normalized spacial score (nSPS) is 21.3. The van der Waals surface area contributed by atoms with Crippen LogP contribution in [0.1, 0.15) is 39.5 Å². The summed E-state index contributed by atoms with van der Waals surface area (Å²) in [6.07, 6.45) is 3.75. The number of carbonyl (C=O) groups is 2. The number of rotatable bonds is 4. The average Bonchev–Trinajstić information content (AvgIpc) is 3.22. The van der Waals surface area contributed by atoms with Gasteiger partial charge >= 0.3 is 0 Å². The van der Waals surface area contributed by atoms with Crippen LogP contribution in [0.5, 0.6) is 0 Å². The summed E-state index contributed by atoms with van der Waals surface area (Å²) in [5.74, 6) is 0.666. The molecule has 1 heterocycles. The van der Waals surface area contributed by atoms with Crippen LogP contribution in [0.2, 0.25) is 0 Å². The molecule has 2 amide bonds. The molecular weight excluding hydrogens is 278 g/mol. The number of piperidine rings is 1. The van der Waals surface area contributed by atoms with Crippen LogP contribution >= 0.6 is 12.4 Å². The summed E-state index contributed by atoms with van der Waals surface area (Å²) in [6.45, 7) is 5.33. The van der Waals surface area contributed by atoms with Crippen molar-refractivity contribution in [2.75, 3.05) is 13.1 Å². The number of hydrogen-bond acceptors (Lipinski definition) is 3. The van der Waals surface area contributed by atoms with Crippen LogP contribution in [0.4, 0.5) is 0 Å². The summed E-state index contributed by atoms with van der Waals surface area (Å²) in [4.78, 5) is 25.6. The van der Waals surface area contributed by atoms with Gasteiger partial charge in [-0.15, -0.1) is 12.4 Å². The Balaban J connectivity index is 0.00000200. The van der Waals surface area contributed by atoms with Crippen molar-refractivity contribution in [3.05, 3.63) is 0 Å².